The van der Waals surface area contributed by atoms with Crippen molar-refractivity contribution in [3.05, 3.63) is 52.4 Å². The second-order valence-electron chi connectivity index (χ2n) is 8.35. The maximum atomic E-state index is 14.3. The number of carbonyl (C=O) groups is 3. The molecule has 2 amide bonds. The molecule has 4 N–H and O–H groups in total. The molecule has 0 bridgehead atoms. The van der Waals surface area contributed by atoms with Crippen LogP contribution in [0.1, 0.15) is 24.8 Å². The normalized spacial score (nSPS) is 16.8. The van der Waals surface area contributed by atoms with E-state index < -0.39 is 30.3 Å². The summed E-state index contributed by atoms with van der Waals surface area (Å²) in [5.41, 5.74) is 6.38. The fourth-order valence-electron chi connectivity index (χ4n) is 3.66. The number of nitrogens with two attached hydrogens (primary N) is 1. The van der Waals surface area contributed by atoms with Crippen LogP contribution in [0.4, 0.5) is 21.7 Å². The highest BCUT2D eigenvalue weighted by atomic mass is 35.5. The SMILES string of the molecule is NCC(=O)OCN1C(=O)C/C(=C\c2cnn3c(NC4CC4)cc(Nc4cc(Cl)ccc4F)nc23)C1=O. The number of nitrogens with one attached hydrogen (secondary N) is 2. The van der Waals surface area contributed by atoms with E-state index in [1.54, 1.807) is 10.6 Å². The minimum atomic E-state index is -0.730. The molecule has 1 aliphatic carbocycles. The summed E-state index contributed by atoms with van der Waals surface area (Å²) >= 11 is 6.02. The predicted molar refractivity (Wildman–Crippen MR) is 129 cm³/mol. The van der Waals surface area contributed by atoms with Gasteiger partial charge in [-0.1, -0.05) is 11.6 Å². The molecule has 2 aliphatic rings. The largest absolute Gasteiger partial charge is 0.443 e. The van der Waals surface area contributed by atoms with E-state index in [9.17, 15) is 18.8 Å². The van der Waals surface area contributed by atoms with Crippen LogP contribution < -0.4 is 16.4 Å². The molecule has 1 aromatic carbocycles. The third-order valence-corrected chi connectivity index (χ3v) is 5.87. The highest BCUT2D eigenvalue weighted by Gasteiger charge is 2.35. The quantitative estimate of drug-likeness (QED) is 0.235. The number of esters is 1. The Labute approximate surface area is 209 Å². The molecule has 1 saturated heterocycles. The number of fused-ring (bicyclic) bond motifs is 1. The number of likely N-dealkylation sites (tertiary alicyclic amines) is 1. The number of halogens is 2. The fraction of sp³-hybridized carbons (Fsp3) is 0.261. The summed E-state index contributed by atoms with van der Waals surface area (Å²) in [6, 6.07) is 6.13. The van der Waals surface area contributed by atoms with E-state index >= 15 is 0 Å². The van der Waals surface area contributed by atoms with Crippen molar-refractivity contribution >= 4 is 58.4 Å². The number of amides is 2. The van der Waals surface area contributed by atoms with Crippen molar-refractivity contribution in [3.63, 3.8) is 0 Å². The summed E-state index contributed by atoms with van der Waals surface area (Å²) in [4.78, 5) is 41.8. The molecule has 1 saturated carbocycles. The van der Waals surface area contributed by atoms with Crippen LogP contribution >= 0.6 is 11.6 Å². The van der Waals surface area contributed by atoms with Crippen molar-refractivity contribution in [3.8, 4) is 0 Å². The Morgan fingerprint density at radius 1 is 1.31 bits per heavy atom. The van der Waals surface area contributed by atoms with E-state index in [0.717, 1.165) is 17.7 Å². The van der Waals surface area contributed by atoms with Gasteiger partial charge in [-0.25, -0.2) is 14.3 Å². The third-order valence-electron chi connectivity index (χ3n) is 5.63. The highest BCUT2D eigenvalue weighted by Crippen LogP contribution is 2.30. The number of rotatable bonds is 8. The van der Waals surface area contributed by atoms with E-state index in [-0.39, 0.29) is 30.3 Å². The average Bonchev–Trinajstić information content (AvgIpc) is 3.52. The lowest BCUT2D eigenvalue weighted by molar-refractivity contribution is -0.153. The van der Waals surface area contributed by atoms with Gasteiger partial charge >= 0.3 is 5.97 Å². The third kappa shape index (κ3) is 4.86. The number of ether oxygens (including phenoxy) is 1. The monoisotopic (exact) mass is 513 g/mol. The number of aromatic nitrogens is 3. The summed E-state index contributed by atoms with van der Waals surface area (Å²) in [5.74, 6) is -1.37. The van der Waals surface area contributed by atoms with Crippen LogP contribution in [0.5, 0.6) is 0 Å². The zero-order valence-corrected chi connectivity index (χ0v) is 19.6. The number of anilines is 3. The molecular weight excluding hydrogens is 493 g/mol. The fourth-order valence-corrected chi connectivity index (χ4v) is 3.84. The molecule has 2 fully saturated rings. The Bertz CT molecular complexity index is 1420. The standard InChI is InChI=1S/C23H21ClFN7O4/c24-14-1-4-16(25)17(7-14)29-18-8-19(28-15-2-3-15)32-22(30-18)13(10-27-32)5-12-6-20(33)31(23(12)35)11-36-21(34)9-26/h1,4-5,7-8,10,15,28H,2-3,6,9,11,26H2,(H,29,30)/b12-5+. The first kappa shape index (κ1) is 23.7. The lowest BCUT2D eigenvalue weighted by Crippen LogP contribution is -2.34. The first-order valence-electron chi connectivity index (χ1n) is 11.1. The van der Waals surface area contributed by atoms with Crippen molar-refractivity contribution in [1.82, 2.24) is 19.5 Å². The molecule has 0 atom stereocenters. The van der Waals surface area contributed by atoms with Crippen molar-refractivity contribution in [2.24, 2.45) is 5.73 Å². The maximum absolute atomic E-state index is 14.3. The lowest BCUT2D eigenvalue weighted by Gasteiger charge is -2.13. The van der Waals surface area contributed by atoms with Crippen LogP contribution in [0.2, 0.25) is 5.02 Å². The van der Waals surface area contributed by atoms with Gasteiger partial charge in [-0.3, -0.25) is 14.4 Å². The minimum Gasteiger partial charge on any atom is -0.443 e. The van der Waals surface area contributed by atoms with E-state index in [1.165, 1.54) is 30.5 Å². The van der Waals surface area contributed by atoms with E-state index in [2.05, 4.69) is 20.7 Å². The number of carbonyl (C=O) groups excluding carboxylic acids is 3. The summed E-state index contributed by atoms with van der Waals surface area (Å²) in [5, 5.41) is 11.1. The van der Waals surface area contributed by atoms with Crippen LogP contribution in [0.15, 0.2) is 36.0 Å². The van der Waals surface area contributed by atoms with Gasteiger partial charge in [0.05, 0.1) is 24.8 Å². The summed E-state index contributed by atoms with van der Waals surface area (Å²) in [6.45, 7) is -0.869. The number of nitrogens with zero attached hydrogens (tertiary/aromatic N) is 4. The van der Waals surface area contributed by atoms with Gasteiger partial charge in [0.1, 0.15) is 17.5 Å². The Morgan fingerprint density at radius 2 is 2.11 bits per heavy atom. The average molecular weight is 514 g/mol. The van der Waals surface area contributed by atoms with Gasteiger partial charge in [-0.2, -0.15) is 9.61 Å². The van der Waals surface area contributed by atoms with Gasteiger partial charge in [-0.15, -0.1) is 0 Å². The molecule has 186 valence electrons. The number of hydrogen-bond acceptors (Lipinski definition) is 9. The Hall–Kier alpha value is -4.03. The molecule has 13 heteroatoms. The van der Waals surface area contributed by atoms with Gasteiger partial charge in [-0.05, 0) is 37.1 Å². The van der Waals surface area contributed by atoms with Gasteiger partial charge < -0.3 is 21.1 Å². The maximum Gasteiger partial charge on any atom is 0.321 e. The van der Waals surface area contributed by atoms with Crippen LogP contribution in [0.3, 0.4) is 0 Å². The van der Waals surface area contributed by atoms with Crippen LogP contribution in [0.25, 0.3) is 11.7 Å². The topological polar surface area (TPSA) is 144 Å². The van der Waals surface area contributed by atoms with E-state index in [1.807, 2.05) is 0 Å². The molecular formula is C23H21ClFN7O4. The molecule has 0 radical (unpaired) electrons. The Balaban J connectivity index is 1.49. The van der Waals surface area contributed by atoms with Gasteiger partial charge in [0.2, 0.25) is 5.91 Å². The van der Waals surface area contributed by atoms with Crippen molar-refractivity contribution in [2.45, 2.75) is 25.3 Å². The van der Waals surface area contributed by atoms with E-state index in [4.69, 9.17) is 22.1 Å². The zero-order valence-electron chi connectivity index (χ0n) is 18.8. The molecule has 36 heavy (non-hydrogen) atoms. The molecule has 0 spiro atoms. The molecule has 1 aliphatic heterocycles. The smallest absolute Gasteiger partial charge is 0.321 e. The predicted octanol–water partition coefficient (Wildman–Crippen LogP) is 2.44. The van der Waals surface area contributed by atoms with Crippen molar-refractivity contribution in [1.29, 1.82) is 0 Å². The van der Waals surface area contributed by atoms with Crippen LogP contribution in [-0.4, -0.2) is 56.6 Å². The van der Waals surface area contributed by atoms with Crippen LogP contribution in [0, 0.1) is 5.82 Å². The molecule has 0 unspecified atom stereocenters. The van der Waals surface area contributed by atoms with Crippen molar-refractivity contribution < 1.29 is 23.5 Å². The zero-order chi connectivity index (χ0) is 25.4. The Morgan fingerprint density at radius 3 is 2.86 bits per heavy atom. The molecule has 2 aromatic heterocycles. The Kier molecular flexibility index (Phi) is 6.29. The molecule has 3 heterocycles. The summed E-state index contributed by atoms with van der Waals surface area (Å²) in [7, 11) is 0. The molecule has 5 rings (SSSR count). The lowest BCUT2D eigenvalue weighted by atomic mass is 10.1. The van der Waals surface area contributed by atoms with E-state index in [0.29, 0.717) is 27.9 Å². The second-order valence-corrected chi connectivity index (χ2v) is 8.79. The summed E-state index contributed by atoms with van der Waals surface area (Å²) in [6.07, 6.45) is 4.88. The number of imide groups is 1. The van der Waals surface area contributed by atoms with Gasteiger partial charge in [0.25, 0.3) is 5.91 Å². The number of benzene rings is 1. The number of hydrogen-bond donors (Lipinski definition) is 3. The second kappa shape index (κ2) is 9.55. The first-order valence-corrected chi connectivity index (χ1v) is 11.5. The molecule has 3 aromatic rings. The van der Waals surface area contributed by atoms with Gasteiger partial charge in [0.15, 0.2) is 12.4 Å². The highest BCUT2D eigenvalue weighted by molar-refractivity contribution is 6.30. The first-order chi connectivity index (χ1) is 17.3. The van der Waals surface area contributed by atoms with Gasteiger partial charge in [0, 0.05) is 28.3 Å². The van der Waals surface area contributed by atoms with Crippen molar-refractivity contribution in [2.75, 3.05) is 23.9 Å². The molecule has 11 nitrogen and oxygen atoms in total. The summed E-state index contributed by atoms with van der Waals surface area (Å²) < 4.78 is 20.7. The van der Waals surface area contributed by atoms with Crippen LogP contribution in [-0.2, 0) is 19.1 Å². The minimum absolute atomic E-state index is 0.148.